The summed E-state index contributed by atoms with van der Waals surface area (Å²) >= 11 is 0. The van der Waals surface area contributed by atoms with Crippen molar-refractivity contribution < 1.29 is 17.1 Å². The zero-order valence-corrected chi connectivity index (χ0v) is 12.7. The third kappa shape index (κ3) is 3.43. The van der Waals surface area contributed by atoms with E-state index in [1.807, 2.05) is 50.2 Å². The molecule has 1 radical (unpaired) electrons. The van der Waals surface area contributed by atoms with Gasteiger partial charge in [0, 0.05) is 22.6 Å². The Labute approximate surface area is 128 Å². The van der Waals surface area contributed by atoms with Crippen LogP contribution in [-0.4, -0.2) is 4.98 Å². The summed E-state index contributed by atoms with van der Waals surface area (Å²) in [5.74, 6) is 0. The Hall–Kier alpha value is -1.14. The van der Waals surface area contributed by atoms with E-state index in [9.17, 15) is 0 Å². The molecule has 1 aromatic carbocycles. The van der Waals surface area contributed by atoms with E-state index in [2.05, 4.69) is 11.1 Å². The fourth-order valence-electron chi connectivity index (χ4n) is 1.76. The third-order valence-electron chi connectivity index (χ3n) is 2.58. The maximum Gasteiger partial charge on any atom is 0.101 e. The van der Waals surface area contributed by atoms with Crippen LogP contribution >= 0.6 is 17.0 Å². The van der Waals surface area contributed by atoms with Gasteiger partial charge in [0.2, 0.25) is 0 Å². The van der Waals surface area contributed by atoms with Gasteiger partial charge in [-0.1, -0.05) is 30.3 Å². The minimum absolute atomic E-state index is 0. The van der Waals surface area contributed by atoms with E-state index in [1.165, 1.54) is 0 Å². The van der Waals surface area contributed by atoms with Gasteiger partial charge in [0.25, 0.3) is 0 Å². The quantitative estimate of drug-likeness (QED) is 0.732. The molecule has 0 saturated carbocycles. The molecule has 0 spiro atoms. The van der Waals surface area contributed by atoms with Crippen LogP contribution in [-0.2, 0) is 17.1 Å². The maximum absolute atomic E-state index is 8.97. The van der Waals surface area contributed by atoms with Crippen LogP contribution in [0.3, 0.4) is 0 Å². The van der Waals surface area contributed by atoms with Gasteiger partial charge in [0.15, 0.2) is 0 Å². The van der Waals surface area contributed by atoms with Gasteiger partial charge in [-0.05, 0) is 25.5 Å². The number of pyridine rings is 1. The van der Waals surface area contributed by atoms with E-state index in [4.69, 9.17) is 5.26 Å². The molecule has 18 heavy (non-hydrogen) atoms. The van der Waals surface area contributed by atoms with Crippen LogP contribution in [0.1, 0.15) is 16.8 Å². The van der Waals surface area contributed by atoms with Crippen LogP contribution in [0, 0.1) is 25.2 Å². The summed E-state index contributed by atoms with van der Waals surface area (Å²) in [6.45, 7) is 3.82. The molecule has 0 aliphatic heterocycles. The third-order valence-corrected chi connectivity index (χ3v) is 2.58. The van der Waals surface area contributed by atoms with Crippen molar-refractivity contribution in [2.75, 3.05) is 0 Å². The van der Waals surface area contributed by atoms with E-state index in [1.54, 1.807) is 0 Å². The number of halogens is 1. The fourth-order valence-corrected chi connectivity index (χ4v) is 1.76. The van der Waals surface area contributed by atoms with Crippen LogP contribution in [0.4, 0.5) is 0 Å². The van der Waals surface area contributed by atoms with Crippen molar-refractivity contribution in [1.82, 2.24) is 4.98 Å². The molecular formula is C14H13BrCuN2. The van der Waals surface area contributed by atoms with Crippen LogP contribution in [0.2, 0.25) is 0 Å². The number of hydrogen-bond donors (Lipinski definition) is 0. The largest absolute Gasteiger partial charge is 0.252 e. The summed E-state index contributed by atoms with van der Waals surface area (Å²) in [7, 11) is 0. The first-order valence-electron chi connectivity index (χ1n) is 5.16. The average Bonchev–Trinajstić information content (AvgIpc) is 2.30. The van der Waals surface area contributed by atoms with Crippen molar-refractivity contribution in [3.8, 4) is 17.3 Å². The molecule has 0 unspecified atom stereocenters. The molecule has 0 N–H and O–H groups in total. The number of aryl methyl sites for hydroxylation is 2. The number of hydrogen-bond acceptors (Lipinski definition) is 2. The number of nitrogens with zero attached hydrogens (tertiary/aromatic N) is 2. The molecule has 0 saturated heterocycles. The summed E-state index contributed by atoms with van der Waals surface area (Å²) in [5, 5.41) is 8.97. The van der Waals surface area contributed by atoms with Crippen LogP contribution < -0.4 is 0 Å². The first-order valence-corrected chi connectivity index (χ1v) is 5.16. The minimum atomic E-state index is 0. The normalized spacial score (nSPS) is 8.72. The molecule has 2 nitrogen and oxygen atoms in total. The molecule has 1 aromatic heterocycles. The Morgan fingerprint density at radius 1 is 1.11 bits per heavy atom. The molecular weight excluding hydrogens is 340 g/mol. The summed E-state index contributed by atoms with van der Waals surface area (Å²) in [5.41, 5.74) is 4.46. The monoisotopic (exact) mass is 351 g/mol. The zero-order valence-electron chi connectivity index (χ0n) is 10.1. The second-order valence-electron chi connectivity index (χ2n) is 3.76. The van der Waals surface area contributed by atoms with E-state index >= 15 is 0 Å². The topological polar surface area (TPSA) is 36.7 Å². The molecule has 4 heteroatoms. The van der Waals surface area contributed by atoms with Gasteiger partial charge in [0.05, 0.1) is 17.0 Å². The minimum Gasteiger partial charge on any atom is -0.252 e. The molecule has 97 valence electrons. The summed E-state index contributed by atoms with van der Waals surface area (Å²) < 4.78 is 0. The first-order chi connectivity index (χ1) is 7.72. The van der Waals surface area contributed by atoms with E-state index in [-0.39, 0.29) is 34.1 Å². The molecule has 2 rings (SSSR count). The number of benzene rings is 1. The molecule has 0 aliphatic rings. The maximum atomic E-state index is 8.97. The van der Waals surface area contributed by atoms with E-state index in [0.717, 1.165) is 22.5 Å². The molecule has 0 amide bonds. The van der Waals surface area contributed by atoms with Gasteiger partial charge in [-0.25, -0.2) is 0 Å². The predicted molar refractivity (Wildman–Crippen MR) is 74.2 cm³/mol. The Bertz CT molecular complexity index is 539. The van der Waals surface area contributed by atoms with E-state index < -0.39 is 0 Å². The second-order valence-corrected chi connectivity index (χ2v) is 3.76. The molecule has 0 fully saturated rings. The summed E-state index contributed by atoms with van der Waals surface area (Å²) in [6.07, 6.45) is 0. The number of rotatable bonds is 1. The van der Waals surface area contributed by atoms with Gasteiger partial charge in [0.1, 0.15) is 6.07 Å². The summed E-state index contributed by atoms with van der Waals surface area (Å²) in [6, 6.07) is 14.1. The Morgan fingerprint density at radius 2 is 1.72 bits per heavy atom. The van der Waals surface area contributed by atoms with Gasteiger partial charge in [-0.3, -0.25) is 4.98 Å². The predicted octanol–water partition coefficient (Wildman–Crippen LogP) is 3.81. The fraction of sp³-hybridized carbons (Fsp3) is 0.143. The van der Waals surface area contributed by atoms with Crippen LogP contribution in [0.5, 0.6) is 0 Å². The van der Waals surface area contributed by atoms with Crippen LogP contribution in [0.25, 0.3) is 11.3 Å². The van der Waals surface area contributed by atoms with Crippen molar-refractivity contribution >= 4 is 17.0 Å². The zero-order chi connectivity index (χ0) is 11.5. The Balaban J connectivity index is 0.00000144. The van der Waals surface area contributed by atoms with Gasteiger partial charge in [-0.15, -0.1) is 17.0 Å². The Kier molecular flexibility index (Phi) is 6.86. The van der Waals surface area contributed by atoms with Crippen molar-refractivity contribution in [1.29, 1.82) is 5.26 Å². The molecule has 1 heterocycles. The number of nitriles is 1. The average molecular weight is 353 g/mol. The second kappa shape index (κ2) is 7.33. The van der Waals surface area contributed by atoms with Crippen molar-refractivity contribution in [3.63, 3.8) is 0 Å². The molecule has 0 bridgehead atoms. The molecule has 0 aliphatic carbocycles. The van der Waals surface area contributed by atoms with Gasteiger partial charge < -0.3 is 0 Å². The molecule has 2 aromatic rings. The van der Waals surface area contributed by atoms with Gasteiger partial charge >= 0.3 is 0 Å². The molecule has 0 atom stereocenters. The van der Waals surface area contributed by atoms with Gasteiger partial charge in [-0.2, -0.15) is 5.26 Å². The smallest absolute Gasteiger partial charge is 0.101 e. The van der Waals surface area contributed by atoms with Crippen molar-refractivity contribution in [2.45, 2.75) is 13.8 Å². The number of aromatic nitrogens is 1. The SMILES string of the molecule is Br.Cc1cc(-c2ccccc2)nc(C)c1C#N.[Cu]. The Morgan fingerprint density at radius 3 is 2.22 bits per heavy atom. The standard InChI is InChI=1S/C14H12N2.BrH.Cu/c1-10-8-14(12-6-4-3-5-7-12)16-11(2)13(10)9-15;;/h3-8H,1-2H3;1H;. The van der Waals surface area contributed by atoms with Crippen LogP contribution in [0.15, 0.2) is 36.4 Å². The summed E-state index contributed by atoms with van der Waals surface area (Å²) in [4.78, 5) is 4.45. The van der Waals surface area contributed by atoms with Crippen molar-refractivity contribution in [2.24, 2.45) is 0 Å². The van der Waals surface area contributed by atoms with E-state index in [0.29, 0.717) is 5.56 Å². The van der Waals surface area contributed by atoms with Crippen molar-refractivity contribution in [3.05, 3.63) is 53.2 Å². The first kappa shape index (κ1) is 16.9.